The minimum absolute atomic E-state index is 0.140. The minimum Gasteiger partial charge on any atom is -0.591 e. The van der Waals surface area contributed by atoms with Gasteiger partial charge in [0.25, 0.3) is 0 Å². The van der Waals surface area contributed by atoms with Crippen LogP contribution in [-0.2, 0) is 20.9 Å². The number of hydrogen-bond acceptors (Lipinski definition) is 4. The quantitative estimate of drug-likeness (QED) is 0.253. The van der Waals surface area contributed by atoms with E-state index in [1.165, 1.54) is 6.08 Å². The summed E-state index contributed by atoms with van der Waals surface area (Å²) in [5, 5.41) is 0. The van der Waals surface area contributed by atoms with Crippen molar-refractivity contribution < 1.29 is 14.1 Å². The van der Waals surface area contributed by atoms with Gasteiger partial charge in [-0.15, -0.1) is 12.3 Å². The third kappa shape index (κ3) is 5.12. The van der Waals surface area contributed by atoms with E-state index in [0.29, 0.717) is 18.6 Å². The highest BCUT2D eigenvalue weighted by atomic mass is 32.2. The van der Waals surface area contributed by atoms with E-state index in [4.69, 9.17) is 11.2 Å². The second-order valence-corrected chi connectivity index (χ2v) is 8.72. The van der Waals surface area contributed by atoms with Crippen LogP contribution in [0.2, 0.25) is 0 Å². The molecule has 5 heteroatoms. The normalized spacial score (nSPS) is 25.3. The summed E-state index contributed by atoms with van der Waals surface area (Å²) < 4.78 is 21.7. The first-order valence-electron chi connectivity index (χ1n) is 7.99. The van der Waals surface area contributed by atoms with Crippen molar-refractivity contribution in [3.8, 4) is 12.3 Å². The van der Waals surface area contributed by atoms with E-state index in [1.54, 1.807) is 0 Å². The molecule has 1 aliphatic carbocycles. The van der Waals surface area contributed by atoms with Gasteiger partial charge in [-0.3, -0.25) is 4.79 Å². The molecule has 128 valence electrons. The number of rotatable bonds is 5. The van der Waals surface area contributed by atoms with Crippen LogP contribution < -0.4 is 0 Å². The first kappa shape index (κ1) is 19.8. The van der Waals surface area contributed by atoms with E-state index < -0.39 is 21.5 Å². The fraction of sp³-hybridized carbons (Fsp3) is 0.667. The van der Waals surface area contributed by atoms with Gasteiger partial charge in [-0.25, -0.2) is 0 Å². The monoisotopic (exact) mass is 337 g/mol. The Hall–Kier alpha value is -1.25. The molecule has 0 spiro atoms. The molecule has 0 N–H and O–H groups in total. The molecule has 1 fully saturated rings. The van der Waals surface area contributed by atoms with E-state index in [2.05, 4.69) is 16.9 Å². The summed E-state index contributed by atoms with van der Waals surface area (Å²) in [7, 11) is 0. The van der Waals surface area contributed by atoms with Crippen LogP contribution in [-0.4, -0.2) is 27.6 Å². The Bertz CT molecular complexity index is 501. The van der Waals surface area contributed by atoms with Gasteiger partial charge >= 0.3 is 5.97 Å². The summed E-state index contributed by atoms with van der Waals surface area (Å²) in [6.45, 7) is 9.30. The molecule has 0 aromatic rings. The van der Waals surface area contributed by atoms with Gasteiger partial charge in [0, 0.05) is 6.42 Å². The molecule has 23 heavy (non-hydrogen) atoms. The number of hydrogen-bond donors (Lipinski definition) is 0. The average molecular weight is 337 g/mol. The minimum atomic E-state index is -1.42. The first-order valence-corrected chi connectivity index (χ1v) is 9.10. The van der Waals surface area contributed by atoms with Crippen LogP contribution in [0.15, 0.2) is 17.1 Å². The summed E-state index contributed by atoms with van der Waals surface area (Å²) in [6, 6.07) is 0. The Balaban J connectivity index is 3.27. The van der Waals surface area contributed by atoms with Crippen LogP contribution in [0.3, 0.4) is 0 Å². The van der Waals surface area contributed by atoms with Crippen molar-refractivity contribution in [2.45, 2.75) is 64.0 Å². The fourth-order valence-electron chi connectivity index (χ4n) is 2.58. The smallest absolute Gasteiger partial charge is 0.319 e. The predicted molar refractivity (Wildman–Crippen MR) is 95.5 cm³/mol. The van der Waals surface area contributed by atoms with Gasteiger partial charge in [-0.1, -0.05) is 29.9 Å². The van der Waals surface area contributed by atoms with Gasteiger partial charge in [0.2, 0.25) is 0 Å². The van der Waals surface area contributed by atoms with E-state index in [-0.39, 0.29) is 19.0 Å². The molecule has 0 aromatic carbocycles. The van der Waals surface area contributed by atoms with Crippen LogP contribution >= 0.6 is 0 Å². The molecule has 0 saturated heterocycles. The Morgan fingerprint density at radius 1 is 1.52 bits per heavy atom. The molecule has 0 amide bonds. The number of carbonyl (C=O) groups excluding carboxylic acids is 1. The highest BCUT2D eigenvalue weighted by Crippen LogP contribution is 2.38. The zero-order valence-corrected chi connectivity index (χ0v) is 15.2. The molecule has 1 aliphatic rings. The van der Waals surface area contributed by atoms with Crippen molar-refractivity contribution in [2.24, 2.45) is 9.81 Å². The predicted octanol–water partition coefficient (Wildman–Crippen LogP) is 3.59. The summed E-state index contributed by atoms with van der Waals surface area (Å²) in [5.74, 6) is 2.23. The van der Waals surface area contributed by atoms with Gasteiger partial charge in [-0.2, -0.15) is 0 Å². The molecule has 0 radical (unpaired) electrons. The van der Waals surface area contributed by atoms with Gasteiger partial charge in [0.1, 0.15) is 28.1 Å². The van der Waals surface area contributed by atoms with Crippen molar-refractivity contribution >= 4 is 23.0 Å². The van der Waals surface area contributed by atoms with E-state index in [1.807, 2.05) is 20.8 Å². The van der Waals surface area contributed by atoms with Gasteiger partial charge < -0.3 is 9.29 Å². The molecule has 0 heterocycles. The summed E-state index contributed by atoms with van der Waals surface area (Å²) in [6.07, 6.45) is 11.3. The van der Waals surface area contributed by atoms with Crippen molar-refractivity contribution in [1.82, 2.24) is 0 Å². The third-order valence-electron chi connectivity index (χ3n) is 3.91. The van der Waals surface area contributed by atoms with Gasteiger partial charge in [-0.05, 0) is 40.0 Å². The lowest BCUT2D eigenvalue weighted by atomic mass is 9.76. The van der Waals surface area contributed by atoms with Crippen molar-refractivity contribution in [2.75, 3.05) is 6.61 Å². The SMILES string of the molecule is C#CC[C@@]1(C(=O)OCC=C)CCCCC/C1=N\[S+]([O-])C(C)(C)C. The number of carbonyl (C=O) groups is 1. The molecular formula is C18H27NO3S. The van der Waals surface area contributed by atoms with E-state index in [9.17, 15) is 9.35 Å². The highest BCUT2D eigenvalue weighted by molar-refractivity contribution is 7.91. The lowest BCUT2D eigenvalue weighted by Crippen LogP contribution is -2.41. The molecule has 1 unspecified atom stereocenters. The second-order valence-electron chi connectivity index (χ2n) is 6.81. The number of ether oxygens (including phenoxy) is 1. The highest BCUT2D eigenvalue weighted by Gasteiger charge is 2.46. The zero-order valence-electron chi connectivity index (χ0n) is 14.4. The molecule has 0 aliphatic heterocycles. The summed E-state index contributed by atoms with van der Waals surface area (Å²) in [4.78, 5) is 12.7. The Kier molecular flexibility index (Phi) is 7.37. The van der Waals surface area contributed by atoms with E-state index in [0.717, 1.165) is 19.3 Å². The van der Waals surface area contributed by atoms with Crippen LogP contribution in [0.25, 0.3) is 0 Å². The largest absolute Gasteiger partial charge is 0.591 e. The number of nitrogens with zero attached hydrogens (tertiary/aromatic N) is 1. The maximum atomic E-state index is 12.7. The zero-order chi connectivity index (χ0) is 17.5. The first-order chi connectivity index (χ1) is 10.8. The summed E-state index contributed by atoms with van der Waals surface area (Å²) >= 11 is -1.42. The maximum absolute atomic E-state index is 12.7. The number of esters is 1. The third-order valence-corrected chi connectivity index (χ3v) is 5.35. The standard InChI is InChI=1S/C18H27NO3S/c1-6-12-18(16(20)22-14-7-2)13-10-8-9-11-15(18)19-23(21)17(3,4)5/h1,7H,2,8-14H2,3-5H3/b19-15+/t18-,23?/m1/s1. The van der Waals surface area contributed by atoms with Crippen LogP contribution in [0.1, 0.15) is 59.3 Å². The van der Waals surface area contributed by atoms with Crippen molar-refractivity contribution in [3.63, 3.8) is 0 Å². The Morgan fingerprint density at radius 3 is 2.78 bits per heavy atom. The molecule has 1 rings (SSSR count). The fourth-order valence-corrected chi connectivity index (χ4v) is 3.32. The molecule has 0 bridgehead atoms. The molecule has 4 nitrogen and oxygen atoms in total. The lowest BCUT2D eigenvalue weighted by molar-refractivity contribution is -0.150. The van der Waals surface area contributed by atoms with Gasteiger partial charge in [0.15, 0.2) is 0 Å². The topological polar surface area (TPSA) is 61.7 Å². The maximum Gasteiger partial charge on any atom is 0.319 e. The van der Waals surface area contributed by atoms with Crippen LogP contribution in [0, 0.1) is 17.8 Å². The van der Waals surface area contributed by atoms with Crippen LogP contribution in [0.4, 0.5) is 0 Å². The Morgan fingerprint density at radius 2 is 2.22 bits per heavy atom. The number of terminal acetylenes is 1. The second kappa shape index (κ2) is 8.56. The molecule has 2 atom stereocenters. The molecule has 0 aromatic heterocycles. The molecule has 1 saturated carbocycles. The molecular weight excluding hydrogens is 310 g/mol. The summed E-state index contributed by atoms with van der Waals surface area (Å²) in [5.41, 5.74) is -0.315. The van der Waals surface area contributed by atoms with E-state index >= 15 is 0 Å². The average Bonchev–Trinajstić information content (AvgIpc) is 2.68. The van der Waals surface area contributed by atoms with Gasteiger partial charge in [0.05, 0.1) is 5.71 Å². The van der Waals surface area contributed by atoms with Crippen molar-refractivity contribution in [3.05, 3.63) is 12.7 Å². The lowest BCUT2D eigenvalue weighted by Gasteiger charge is -2.30. The Labute approximate surface area is 143 Å². The van der Waals surface area contributed by atoms with Crippen LogP contribution in [0.5, 0.6) is 0 Å². The van der Waals surface area contributed by atoms with Crippen molar-refractivity contribution in [1.29, 1.82) is 0 Å².